The molecule has 5 nitrogen and oxygen atoms in total. The molecule has 0 aliphatic heterocycles. The average molecular weight is 266 g/mol. The molecule has 3 aromatic rings. The number of rotatable bonds is 4. The number of anilines is 1. The van der Waals surface area contributed by atoms with E-state index in [0.29, 0.717) is 17.5 Å². The lowest BCUT2D eigenvalue weighted by molar-refractivity contribution is 0.422. The molecule has 2 N–H and O–H groups in total. The summed E-state index contributed by atoms with van der Waals surface area (Å²) in [5.74, 6) is 1.60. The standard InChI is InChI=1S/C15H14N4O/c16-13-10-12(8-9-17-13)15-18-14(19-20-15)7-6-11-4-2-1-3-5-11/h1-5,8-10H,6-7H2,(H2,16,17). The zero-order valence-electron chi connectivity index (χ0n) is 10.9. The second-order valence-corrected chi connectivity index (χ2v) is 4.47. The number of aryl methyl sites for hydroxylation is 2. The molecule has 20 heavy (non-hydrogen) atoms. The molecular weight excluding hydrogens is 252 g/mol. The summed E-state index contributed by atoms with van der Waals surface area (Å²) < 4.78 is 5.25. The number of hydrogen-bond acceptors (Lipinski definition) is 5. The van der Waals surface area contributed by atoms with E-state index in [1.807, 2.05) is 18.2 Å². The van der Waals surface area contributed by atoms with E-state index in [1.54, 1.807) is 18.3 Å². The number of benzene rings is 1. The summed E-state index contributed by atoms with van der Waals surface area (Å²) in [6.07, 6.45) is 3.25. The molecule has 0 aliphatic carbocycles. The summed E-state index contributed by atoms with van der Waals surface area (Å²) in [7, 11) is 0. The van der Waals surface area contributed by atoms with Crippen LogP contribution in [0.3, 0.4) is 0 Å². The maximum Gasteiger partial charge on any atom is 0.258 e. The Kier molecular flexibility index (Phi) is 3.41. The number of aromatic nitrogens is 3. The lowest BCUT2D eigenvalue weighted by Crippen LogP contribution is -1.93. The van der Waals surface area contributed by atoms with Crippen molar-refractivity contribution in [3.63, 3.8) is 0 Å². The molecule has 0 unspecified atom stereocenters. The minimum atomic E-state index is 0.437. The van der Waals surface area contributed by atoms with Crippen molar-refractivity contribution >= 4 is 5.82 Å². The van der Waals surface area contributed by atoms with Gasteiger partial charge in [0.25, 0.3) is 5.89 Å². The van der Waals surface area contributed by atoms with Crippen LogP contribution in [0.1, 0.15) is 11.4 Å². The summed E-state index contributed by atoms with van der Waals surface area (Å²) in [5.41, 5.74) is 7.68. The Bertz CT molecular complexity index is 694. The fourth-order valence-electron chi connectivity index (χ4n) is 1.95. The van der Waals surface area contributed by atoms with E-state index in [1.165, 1.54) is 5.56 Å². The van der Waals surface area contributed by atoms with Gasteiger partial charge in [-0.1, -0.05) is 35.5 Å². The Balaban J connectivity index is 1.71. The summed E-state index contributed by atoms with van der Waals surface area (Å²) in [4.78, 5) is 8.31. The normalized spacial score (nSPS) is 10.6. The van der Waals surface area contributed by atoms with Crippen molar-refractivity contribution in [3.8, 4) is 11.5 Å². The highest BCUT2D eigenvalue weighted by molar-refractivity contribution is 5.56. The van der Waals surface area contributed by atoms with Crippen LogP contribution in [0, 0.1) is 0 Å². The third kappa shape index (κ3) is 2.83. The maximum atomic E-state index is 5.64. The Hall–Kier alpha value is -2.69. The monoisotopic (exact) mass is 266 g/mol. The lowest BCUT2D eigenvalue weighted by atomic mass is 10.1. The Morgan fingerprint density at radius 1 is 1.05 bits per heavy atom. The van der Waals surface area contributed by atoms with Crippen LogP contribution in [-0.4, -0.2) is 15.1 Å². The first kappa shape index (κ1) is 12.3. The summed E-state index contributed by atoms with van der Waals surface area (Å²) in [6.45, 7) is 0. The van der Waals surface area contributed by atoms with Gasteiger partial charge in [0.15, 0.2) is 5.82 Å². The van der Waals surface area contributed by atoms with Gasteiger partial charge in [-0.3, -0.25) is 0 Å². The van der Waals surface area contributed by atoms with Crippen molar-refractivity contribution in [2.45, 2.75) is 12.8 Å². The van der Waals surface area contributed by atoms with Crippen molar-refractivity contribution in [3.05, 3.63) is 60.0 Å². The molecule has 3 rings (SSSR count). The van der Waals surface area contributed by atoms with Gasteiger partial charge in [-0.25, -0.2) is 4.98 Å². The van der Waals surface area contributed by atoms with Gasteiger partial charge in [0.05, 0.1) is 0 Å². The Labute approximate surface area is 116 Å². The van der Waals surface area contributed by atoms with Crippen molar-refractivity contribution in [2.24, 2.45) is 0 Å². The zero-order valence-corrected chi connectivity index (χ0v) is 10.9. The molecule has 0 radical (unpaired) electrons. The first-order valence-corrected chi connectivity index (χ1v) is 6.40. The highest BCUT2D eigenvalue weighted by Gasteiger charge is 2.09. The van der Waals surface area contributed by atoms with E-state index in [9.17, 15) is 0 Å². The van der Waals surface area contributed by atoms with Gasteiger partial charge in [-0.15, -0.1) is 0 Å². The number of nitrogens with zero attached hydrogens (tertiary/aromatic N) is 3. The topological polar surface area (TPSA) is 77.8 Å². The molecule has 0 amide bonds. The van der Waals surface area contributed by atoms with E-state index < -0.39 is 0 Å². The van der Waals surface area contributed by atoms with Crippen LogP contribution in [0.4, 0.5) is 5.82 Å². The predicted octanol–water partition coefficient (Wildman–Crippen LogP) is 2.50. The van der Waals surface area contributed by atoms with E-state index in [4.69, 9.17) is 10.3 Å². The van der Waals surface area contributed by atoms with Crippen LogP contribution >= 0.6 is 0 Å². The first-order chi connectivity index (χ1) is 9.81. The van der Waals surface area contributed by atoms with Gasteiger partial charge in [-0.05, 0) is 24.1 Å². The Morgan fingerprint density at radius 3 is 2.70 bits per heavy atom. The second-order valence-electron chi connectivity index (χ2n) is 4.47. The van der Waals surface area contributed by atoms with Crippen molar-refractivity contribution in [1.82, 2.24) is 15.1 Å². The van der Waals surface area contributed by atoms with Gasteiger partial charge in [0.1, 0.15) is 5.82 Å². The first-order valence-electron chi connectivity index (χ1n) is 6.40. The van der Waals surface area contributed by atoms with Crippen LogP contribution in [0.5, 0.6) is 0 Å². The molecule has 0 spiro atoms. The number of nitrogen functional groups attached to an aromatic ring is 1. The lowest BCUT2D eigenvalue weighted by Gasteiger charge is -1.96. The summed E-state index contributed by atoms with van der Waals surface area (Å²) >= 11 is 0. The maximum absolute atomic E-state index is 5.64. The van der Waals surface area contributed by atoms with Crippen molar-refractivity contribution in [2.75, 3.05) is 5.73 Å². The molecule has 2 aromatic heterocycles. The molecular formula is C15H14N4O. The van der Waals surface area contributed by atoms with Gasteiger partial charge < -0.3 is 10.3 Å². The summed E-state index contributed by atoms with van der Waals surface area (Å²) in [6, 6.07) is 13.7. The predicted molar refractivity (Wildman–Crippen MR) is 75.8 cm³/mol. The fraction of sp³-hybridized carbons (Fsp3) is 0.133. The van der Waals surface area contributed by atoms with Gasteiger partial charge >= 0.3 is 0 Å². The smallest absolute Gasteiger partial charge is 0.258 e. The molecule has 0 aliphatic rings. The molecule has 0 saturated carbocycles. The zero-order chi connectivity index (χ0) is 13.8. The van der Waals surface area contributed by atoms with Crippen LogP contribution in [0.2, 0.25) is 0 Å². The fourth-order valence-corrected chi connectivity index (χ4v) is 1.95. The van der Waals surface area contributed by atoms with E-state index in [-0.39, 0.29) is 0 Å². The van der Waals surface area contributed by atoms with Gasteiger partial charge in [-0.2, -0.15) is 4.98 Å². The minimum Gasteiger partial charge on any atom is -0.384 e. The Morgan fingerprint density at radius 2 is 1.90 bits per heavy atom. The molecule has 0 saturated heterocycles. The SMILES string of the molecule is Nc1cc(-c2nc(CCc3ccccc3)no2)ccn1. The number of pyridine rings is 1. The van der Waals surface area contributed by atoms with E-state index in [0.717, 1.165) is 18.4 Å². The van der Waals surface area contributed by atoms with Crippen LogP contribution in [0.15, 0.2) is 53.2 Å². The number of nitrogens with two attached hydrogens (primary N) is 1. The van der Waals surface area contributed by atoms with E-state index >= 15 is 0 Å². The molecule has 100 valence electrons. The second kappa shape index (κ2) is 5.52. The van der Waals surface area contributed by atoms with Crippen molar-refractivity contribution < 1.29 is 4.52 Å². The summed E-state index contributed by atoms with van der Waals surface area (Å²) in [5, 5.41) is 3.99. The van der Waals surface area contributed by atoms with Crippen LogP contribution in [0.25, 0.3) is 11.5 Å². The van der Waals surface area contributed by atoms with Gasteiger partial charge in [0, 0.05) is 18.2 Å². The molecule has 0 bridgehead atoms. The third-order valence-corrected chi connectivity index (χ3v) is 2.98. The molecule has 0 fully saturated rings. The highest BCUT2D eigenvalue weighted by atomic mass is 16.5. The number of hydrogen-bond donors (Lipinski definition) is 1. The van der Waals surface area contributed by atoms with Crippen molar-refractivity contribution in [1.29, 1.82) is 0 Å². The molecule has 1 aromatic carbocycles. The van der Waals surface area contributed by atoms with Gasteiger partial charge in [0.2, 0.25) is 0 Å². The minimum absolute atomic E-state index is 0.437. The largest absolute Gasteiger partial charge is 0.384 e. The molecule has 0 atom stereocenters. The third-order valence-electron chi connectivity index (χ3n) is 2.98. The van der Waals surface area contributed by atoms with Crippen LogP contribution in [-0.2, 0) is 12.8 Å². The average Bonchev–Trinajstić information content (AvgIpc) is 2.95. The molecule has 2 heterocycles. The molecule has 5 heteroatoms. The quantitative estimate of drug-likeness (QED) is 0.785. The highest BCUT2D eigenvalue weighted by Crippen LogP contribution is 2.18. The van der Waals surface area contributed by atoms with E-state index in [2.05, 4.69) is 27.3 Å². The van der Waals surface area contributed by atoms with Crippen LogP contribution < -0.4 is 5.73 Å².